The van der Waals surface area contributed by atoms with E-state index in [9.17, 15) is 4.79 Å². The van der Waals surface area contributed by atoms with Gasteiger partial charge in [-0.2, -0.15) is 0 Å². The number of nitrogens with zero attached hydrogens (tertiary/aromatic N) is 2. The zero-order valence-electron chi connectivity index (χ0n) is 14.0. The highest BCUT2D eigenvalue weighted by Gasteiger charge is 2.06. The number of anilines is 1. The second-order valence-electron chi connectivity index (χ2n) is 6.00. The van der Waals surface area contributed by atoms with Gasteiger partial charge in [0, 0.05) is 38.3 Å². The summed E-state index contributed by atoms with van der Waals surface area (Å²) in [7, 11) is 3.96. The van der Waals surface area contributed by atoms with Crippen molar-refractivity contribution in [3.63, 3.8) is 0 Å². The Hall–Kier alpha value is -2.82. The first-order chi connectivity index (χ1) is 11.6. The van der Waals surface area contributed by atoms with Crippen molar-refractivity contribution >= 4 is 22.6 Å². The van der Waals surface area contributed by atoms with E-state index in [0.29, 0.717) is 12.1 Å². The number of hydrogen-bond donors (Lipinski definition) is 2. The molecule has 1 aromatic heterocycles. The summed E-state index contributed by atoms with van der Waals surface area (Å²) in [5.74, 6) is 0.922. The maximum absolute atomic E-state index is 12.1. The molecule has 0 spiro atoms. The van der Waals surface area contributed by atoms with E-state index in [1.54, 1.807) is 0 Å². The fourth-order valence-electron chi connectivity index (χ4n) is 2.59. The normalized spacial score (nSPS) is 10.8. The molecule has 5 nitrogen and oxygen atoms in total. The van der Waals surface area contributed by atoms with Crippen LogP contribution in [0.25, 0.3) is 11.0 Å². The molecule has 0 unspecified atom stereocenters. The van der Waals surface area contributed by atoms with Crippen LogP contribution in [0.1, 0.15) is 22.6 Å². The highest BCUT2D eigenvalue weighted by Crippen LogP contribution is 2.13. The molecular weight excluding hydrogens is 300 g/mol. The Morgan fingerprint density at radius 1 is 1.12 bits per heavy atom. The third-order valence-electron chi connectivity index (χ3n) is 3.96. The molecule has 0 radical (unpaired) electrons. The number of amides is 1. The number of hydrogen-bond acceptors (Lipinski definition) is 3. The lowest BCUT2D eigenvalue weighted by Crippen LogP contribution is -2.24. The fraction of sp³-hybridized carbons (Fsp3) is 0.263. The van der Waals surface area contributed by atoms with Crippen molar-refractivity contribution in [1.29, 1.82) is 0 Å². The molecule has 2 aromatic carbocycles. The number of H-pyrrole nitrogens is 1. The van der Waals surface area contributed by atoms with Crippen LogP contribution in [-0.4, -0.2) is 36.5 Å². The summed E-state index contributed by atoms with van der Waals surface area (Å²) >= 11 is 0. The summed E-state index contributed by atoms with van der Waals surface area (Å²) in [6.45, 7) is 0.630. The van der Waals surface area contributed by atoms with Crippen molar-refractivity contribution < 1.29 is 4.79 Å². The van der Waals surface area contributed by atoms with Gasteiger partial charge in [-0.3, -0.25) is 4.79 Å². The van der Waals surface area contributed by atoms with Gasteiger partial charge in [0.25, 0.3) is 5.91 Å². The number of para-hydroxylation sites is 2. The number of carbonyl (C=O) groups is 1. The predicted molar refractivity (Wildman–Crippen MR) is 97.5 cm³/mol. The van der Waals surface area contributed by atoms with Crippen LogP contribution in [0.2, 0.25) is 0 Å². The largest absolute Gasteiger partial charge is 0.378 e. The van der Waals surface area contributed by atoms with E-state index in [2.05, 4.69) is 15.3 Å². The molecule has 0 aliphatic heterocycles. The Morgan fingerprint density at radius 3 is 2.58 bits per heavy atom. The molecule has 0 aliphatic rings. The predicted octanol–water partition coefficient (Wildman–Crippen LogP) is 2.99. The number of aromatic nitrogens is 2. The van der Waals surface area contributed by atoms with E-state index in [0.717, 1.165) is 35.4 Å². The summed E-state index contributed by atoms with van der Waals surface area (Å²) in [6, 6.07) is 15.6. The monoisotopic (exact) mass is 322 g/mol. The van der Waals surface area contributed by atoms with Gasteiger partial charge in [-0.05, 0) is 42.8 Å². The molecule has 0 saturated heterocycles. The van der Waals surface area contributed by atoms with E-state index >= 15 is 0 Å². The van der Waals surface area contributed by atoms with Gasteiger partial charge in [0.2, 0.25) is 0 Å². The Labute approximate surface area is 141 Å². The number of carbonyl (C=O) groups excluding carboxylic acids is 1. The van der Waals surface area contributed by atoms with E-state index in [-0.39, 0.29) is 5.91 Å². The number of benzene rings is 2. The van der Waals surface area contributed by atoms with Crippen LogP contribution in [-0.2, 0) is 6.42 Å². The van der Waals surface area contributed by atoms with Gasteiger partial charge in [0.15, 0.2) is 0 Å². The number of imidazole rings is 1. The molecule has 2 N–H and O–H groups in total. The molecule has 3 rings (SSSR count). The lowest BCUT2D eigenvalue weighted by atomic mass is 10.2. The van der Waals surface area contributed by atoms with Gasteiger partial charge in [-0.15, -0.1) is 0 Å². The molecule has 0 bridgehead atoms. The number of aryl methyl sites for hydroxylation is 1. The molecule has 0 atom stereocenters. The minimum atomic E-state index is -0.0371. The summed E-state index contributed by atoms with van der Waals surface area (Å²) in [6.07, 6.45) is 1.66. The molecule has 1 heterocycles. The maximum Gasteiger partial charge on any atom is 0.251 e. The third-order valence-corrected chi connectivity index (χ3v) is 3.96. The first-order valence-electron chi connectivity index (χ1n) is 8.13. The summed E-state index contributed by atoms with van der Waals surface area (Å²) < 4.78 is 0. The summed E-state index contributed by atoms with van der Waals surface area (Å²) in [5.41, 5.74) is 3.80. The fourth-order valence-corrected chi connectivity index (χ4v) is 2.59. The van der Waals surface area contributed by atoms with Gasteiger partial charge < -0.3 is 15.2 Å². The third kappa shape index (κ3) is 3.74. The molecule has 0 saturated carbocycles. The lowest BCUT2D eigenvalue weighted by Gasteiger charge is -2.12. The lowest BCUT2D eigenvalue weighted by molar-refractivity contribution is 0.0953. The minimum Gasteiger partial charge on any atom is -0.378 e. The van der Waals surface area contributed by atoms with Crippen molar-refractivity contribution in [3.05, 3.63) is 59.9 Å². The van der Waals surface area contributed by atoms with E-state index in [1.807, 2.05) is 67.5 Å². The Morgan fingerprint density at radius 2 is 1.88 bits per heavy atom. The maximum atomic E-state index is 12.1. The Bertz CT molecular complexity index is 788. The van der Waals surface area contributed by atoms with Crippen molar-refractivity contribution in [3.8, 4) is 0 Å². The highest BCUT2D eigenvalue weighted by atomic mass is 16.1. The average Bonchev–Trinajstić information content (AvgIpc) is 3.01. The summed E-state index contributed by atoms with van der Waals surface area (Å²) in [4.78, 5) is 22.0. The Kier molecular flexibility index (Phi) is 4.79. The number of rotatable bonds is 6. The van der Waals surface area contributed by atoms with Crippen LogP contribution in [0.15, 0.2) is 48.5 Å². The molecule has 0 fully saturated rings. The quantitative estimate of drug-likeness (QED) is 0.686. The highest BCUT2D eigenvalue weighted by molar-refractivity contribution is 5.94. The van der Waals surface area contributed by atoms with Gasteiger partial charge >= 0.3 is 0 Å². The second kappa shape index (κ2) is 7.17. The van der Waals surface area contributed by atoms with Crippen LogP contribution in [0.3, 0.4) is 0 Å². The van der Waals surface area contributed by atoms with E-state index in [1.165, 1.54) is 0 Å². The van der Waals surface area contributed by atoms with Gasteiger partial charge in [-0.25, -0.2) is 4.98 Å². The standard InChI is InChI=1S/C19H22N4O/c1-23(2)15-11-9-14(10-12-15)19(24)20-13-5-8-18-21-16-6-3-4-7-17(16)22-18/h3-4,6-7,9-12H,5,8,13H2,1-2H3,(H,20,24)(H,21,22). The first-order valence-corrected chi connectivity index (χ1v) is 8.13. The van der Waals surface area contributed by atoms with Crippen molar-refractivity contribution in [2.24, 2.45) is 0 Å². The van der Waals surface area contributed by atoms with Crippen molar-refractivity contribution in [1.82, 2.24) is 15.3 Å². The van der Waals surface area contributed by atoms with E-state index in [4.69, 9.17) is 0 Å². The molecule has 24 heavy (non-hydrogen) atoms. The molecule has 5 heteroatoms. The van der Waals surface area contributed by atoms with Gasteiger partial charge in [-0.1, -0.05) is 12.1 Å². The van der Waals surface area contributed by atoms with Crippen LogP contribution in [0.5, 0.6) is 0 Å². The topological polar surface area (TPSA) is 61.0 Å². The smallest absolute Gasteiger partial charge is 0.251 e. The first kappa shape index (κ1) is 16.1. The van der Waals surface area contributed by atoms with Crippen LogP contribution in [0, 0.1) is 0 Å². The molecular formula is C19H22N4O. The number of nitrogens with one attached hydrogen (secondary N) is 2. The zero-order chi connectivity index (χ0) is 16.9. The van der Waals surface area contributed by atoms with Crippen molar-refractivity contribution in [2.45, 2.75) is 12.8 Å². The SMILES string of the molecule is CN(C)c1ccc(C(=O)NCCCc2nc3ccccc3[nH]2)cc1. The van der Waals surface area contributed by atoms with E-state index < -0.39 is 0 Å². The Balaban J connectivity index is 1.48. The van der Waals surface area contributed by atoms with Gasteiger partial charge in [0.05, 0.1) is 11.0 Å². The number of fused-ring (bicyclic) bond motifs is 1. The molecule has 0 aliphatic carbocycles. The van der Waals surface area contributed by atoms with Crippen LogP contribution >= 0.6 is 0 Å². The molecule has 3 aromatic rings. The molecule has 1 amide bonds. The molecule has 124 valence electrons. The second-order valence-corrected chi connectivity index (χ2v) is 6.00. The minimum absolute atomic E-state index is 0.0371. The summed E-state index contributed by atoms with van der Waals surface area (Å²) in [5, 5.41) is 2.96. The van der Waals surface area contributed by atoms with Crippen LogP contribution in [0.4, 0.5) is 5.69 Å². The number of aromatic amines is 1. The average molecular weight is 322 g/mol. The van der Waals surface area contributed by atoms with Gasteiger partial charge in [0.1, 0.15) is 5.82 Å². The van der Waals surface area contributed by atoms with Crippen molar-refractivity contribution in [2.75, 3.05) is 25.5 Å². The zero-order valence-corrected chi connectivity index (χ0v) is 14.0. The van der Waals surface area contributed by atoms with Crippen LogP contribution < -0.4 is 10.2 Å².